The zero-order valence-corrected chi connectivity index (χ0v) is 24.6. The molecule has 0 N–H and O–H groups in total. The molecule has 5 aliphatic carbocycles. The molecule has 2 nitrogen and oxygen atoms in total. The van der Waals surface area contributed by atoms with E-state index in [9.17, 15) is 4.79 Å². The average Bonchev–Trinajstić information content (AvgIpc) is 3.36. The van der Waals surface area contributed by atoms with Crippen molar-refractivity contribution in [1.82, 2.24) is 0 Å². The van der Waals surface area contributed by atoms with Crippen LogP contribution in [0, 0.1) is 62.6 Å². The van der Waals surface area contributed by atoms with Gasteiger partial charge in [-0.2, -0.15) is 0 Å². The Balaban J connectivity index is 1.36. The highest BCUT2D eigenvalue weighted by Crippen LogP contribution is 2.89. The highest BCUT2D eigenvalue weighted by atomic mass is 16.5. The molecule has 5 rings (SSSR count). The minimum Gasteiger partial charge on any atom is -0.462 e. The molecular weight excluding hydrogens is 428 g/mol. The van der Waals surface area contributed by atoms with Crippen LogP contribution in [-0.4, -0.2) is 12.1 Å². The van der Waals surface area contributed by atoms with Crippen LogP contribution in [0.3, 0.4) is 0 Å². The third kappa shape index (κ3) is 3.42. The fraction of sp³-hybridized carbons (Fsp3) is 0.970. The Kier molecular flexibility index (Phi) is 6.14. The van der Waals surface area contributed by atoms with E-state index < -0.39 is 0 Å². The molecule has 35 heavy (non-hydrogen) atoms. The summed E-state index contributed by atoms with van der Waals surface area (Å²) >= 11 is 0. The van der Waals surface area contributed by atoms with E-state index in [4.69, 9.17) is 4.74 Å². The van der Waals surface area contributed by atoms with Crippen LogP contribution in [0.2, 0.25) is 0 Å². The van der Waals surface area contributed by atoms with Crippen molar-refractivity contribution in [2.24, 2.45) is 62.6 Å². The Morgan fingerprint density at radius 2 is 1.46 bits per heavy atom. The number of esters is 1. The van der Waals surface area contributed by atoms with Gasteiger partial charge in [-0.1, -0.05) is 68.2 Å². The number of hydrogen-bond acceptors (Lipinski definition) is 2. The van der Waals surface area contributed by atoms with Gasteiger partial charge in [0.05, 0.1) is 0 Å². The van der Waals surface area contributed by atoms with Crippen molar-refractivity contribution in [2.75, 3.05) is 0 Å². The summed E-state index contributed by atoms with van der Waals surface area (Å²) in [6.07, 6.45) is 15.4. The van der Waals surface area contributed by atoms with E-state index in [-0.39, 0.29) is 17.5 Å². The lowest BCUT2D eigenvalue weighted by Gasteiger charge is -2.63. The maximum absolute atomic E-state index is 11.9. The summed E-state index contributed by atoms with van der Waals surface area (Å²) in [7, 11) is 0. The van der Waals surface area contributed by atoms with E-state index in [0.717, 1.165) is 41.9 Å². The summed E-state index contributed by atoms with van der Waals surface area (Å²) in [5.74, 6) is 4.98. The summed E-state index contributed by atoms with van der Waals surface area (Å²) in [6, 6.07) is 0. The standard InChI is InChI=1S/C33H56O2/c1-21(2)22(3)10-11-23(4)25-14-16-31(9)27-13-12-26-29(6,7)28(35-24(5)34)15-17-32(26)20-33(27,32)19-18-30(25,31)8/h21-23,25-28H,10-20H2,1-9H3. The lowest BCUT2D eigenvalue weighted by Crippen LogP contribution is -2.58. The van der Waals surface area contributed by atoms with Gasteiger partial charge in [-0.05, 0) is 115 Å². The van der Waals surface area contributed by atoms with Crippen LogP contribution < -0.4 is 0 Å². The highest BCUT2D eigenvalue weighted by Gasteiger charge is 2.82. The molecule has 0 radical (unpaired) electrons. The van der Waals surface area contributed by atoms with Gasteiger partial charge in [-0.3, -0.25) is 4.79 Å². The van der Waals surface area contributed by atoms with Crippen molar-refractivity contribution >= 4 is 5.97 Å². The maximum atomic E-state index is 11.9. The van der Waals surface area contributed by atoms with Gasteiger partial charge in [-0.15, -0.1) is 0 Å². The molecular formula is C33H56O2. The quantitative estimate of drug-likeness (QED) is 0.351. The molecule has 0 heterocycles. The van der Waals surface area contributed by atoms with Gasteiger partial charge in [0.25, 0.3) is 0 Å². The SMILES string of the molecule is CC(=O)OC1CCC23CC24CCC2(C)C(C(C)CCC(C)C(C)C)CCC2(C)C4CCC3C1(C)C. The molecule has 0 aromatic carbocycles. The zero-order valence-electron chi connectivity index (χ0n) is 24.6. The van der Waals surface area contributed by atoms with Crippen molar-refractivity contribution in [1.29, 1.82) is 0 Å². The van der Waals surface area contributed by atoms with E-state index in [2.05, 4.69) is 55.4 Å². The number of carbonyl (C=O) groups excluding carboxylic acids is 1. The van der Waals surface area contributed by atoms with Crippen LogP contribution in [0.15, 0.2) is 0 Å². The molecule has 0 amide bonds. The fourth-order valence-electron chi connectivity index (χ4n) is 11.8. The summed E-state index contributed by atoms with van der Waals surface area (Å²) in [4.78, 5) is 11.9. The smallest absolute Gasteiger partial charge is 0.302 e. The molecule has 0 saturated heterocycles. The second kappa shape index (κ2) is 8.23. The third-order valence-electron chi connectivity index (χ3n) is 14.3. The first-order chi connectivity index (χ1) is 16.3. The summed E-state index contributed by atoms with van der Waals surface area (Å²) in [6.45, 7) is 21.8. The fourth-order valence-corrected chi connectivity index (χ4v) is 11.8. The normalized spacial score (nSPS) is 49.3. The molecule has 0 aliphatic heterocycles. The van der Waals surface area contributed by atoms with E-state index in [1.807, 2.05) is 0 Å². The van der Waals surface area contributed by atoms with E-state index in [1.54, 1.807) is 6.92 Å². The Bertz CT molecular complexity index is 844. The van der Waals surface area contributed by atoms with Crippen LogP contribution in [0.4, 0.5) is 0 Å². The number of fused-ring (bicyclic) bond motifs is 2. The predicted molar refractivity (Wildman–Crippen MR) is 145 cm³/mol. The van der Waals surface area contributed by atoms with Crippen LogP contribution in [0.1, 0.15) is 133 Å². The number of carbonyl (C=O) groups is 1. The topological polar surface area (TPSA) is 26.3 Å². The van der Waals surface area contributed by atoms with E-state index in [1.165, 1.54) is 64.2 Å². The monoisotopic (exact) mass is 484 g/mol. The first kappa shape index (κ1) is 26.1. The van der Waals surface area contributed by atoms with Gasteiger partial charge < -0.3 is 4.74 Å². The van der Waals surface area contributed by atoms with Crippen LogP contribution in [0.5, 0.6) is 0 Å². The lowest BCUT2D eigenvalue weighted by atomic mass is 9.41. The van der Waals surface area contributed by atoms with Crippen molar-refractivity contribution in [3.63, 3.8) is 0 Å². The Hall–Kier alpha value is -0.530. The number of hydrogen-bond donors (Lipinski definition) is 0. The average molecular weight is 485 g/mol. The molecule has 5 saturated carbocycles. The van der Waals surface area contributed by atoms with E-state index in [0.29, 0.717) is 21.7 Å². The molecule has 2 heteroatoms. The summed E-state index contributed by atoms with van der Waals surface area (Å²) < 4.78 is 5.91. The predicted octanol–water partition coefficient (Wildman–Crippen LogP) is 9.07. The van der Waals surface area contributed by atoms with Gasteiger partial charge in [-0.25, -0.2) is 0 Å². The zero-order chi connectivity index (χ0) is 25.6. The second-order valence-electron chi connectivity index (χ2n) is 15.9. The van der Waals surface area contributed by atoms with Gasteiger partial charge >= 0.3 is 5.97 Å². The first-order valence-electron chi connectivity index (χ1n) is 15.4. The molecule has 5 aliphatic rings. The Labute approximate surface area is 217 Å². The van der Waals surface area contributed by atoms with Gasteiger partial charge in [0.1, 0.15) is 6.10 Å². The molecule has 0 aromatic rings. The van der Waals surface area contributed by atoms with Gasteiger partial charge in [0, 0.05) is 12.3 Å². The largest absolute Gasteiger partial charge is 0.462 e. The summed E-state index contributed by atoms with van der Waals surface area (Å²) in [5, 5.41) is 0. The molecule has 10 atom stereocenters. The number of rotatable bonds is 6. The minimum absolute atomic E-state index is 0.0897. The van der Waals surface area contributed by atoms with Crippen molar-refractivity contribution in [3.8, 4) is 0 Å². The van der Waals surface area contributed by atoms with Crippen LogP contribution >= 0.6 is 0 Å². The van der Waals surface area contributed by atoms with Crippen molar-refractivity contribution < 1.29 is 9.53 Å². The molecule has 2 spiro atoms. The van der Waals surface area contributed by atoms with Gasteiger partial charge in [0.15, 0.2) is 0 Å². The lowest BCUT2D eigenvalue weighted by molar-refractivity contribution is -0.181. The third-order valence-corrected chi connectivity index (χ3v) is 14.3. The molecule has 200 valence electrons. The number of ether oxygens (including phenoxy) is 1. The second-order valence-corrected chi connectivity index (χ2v) is 15.9. The van der Waals surface area contributed by atoms with Crippen LogP contribution in [0.25, 0.3) is 0 Å². The first-order valence-corrected chi connectivity index (χ1v) is 15.4. The molecule has 0 bridgehead atoms. The minimum atomic E-state index is -0.0897. The van der Waals surface area contributed by atoms with E-state index >= 15 is 0 Å². The van der Waals surface area contributed by atoms with Gasteiger partial charge in [0.2, 0.25) is 0 Å². The van der Waals surface area contributed by atoms with Crippen molar-refractivity contribution in [2.45, 2.75) is 139 Å². The Morgan fingerprint density at radius 1 is 0.800 bits per heavy atom. The molecule has 5 fully saturated rings. The molecule has 10 unspecified atom stereocenters. The van der Waals surface area contributed by atoms with Crippen LogP contribution in [-0.2, 0) is 9.53 Å². The highest BCUT2D eigenvalue weighted by molar-refractivity contribution is 5.66. The summed E-state index contributed by atoms with van der Waals surface area (Å²) in [5.41, 5.74) is 2.27. The maximum Gasteiger partial charge on any atom is 0.302 e. The Morgan fingerprint density at radius 3 is 2.11 bits per heavy atom. The molecule has 0 aromatic heterocycles. The van der Waals surface area contributed by atoms with Crippen molar-refractivity contribution in [3.05, 3.63) is 0 Å².